The van der Waals surface area contributed by atoms with Crippen LogP contribution in [0.15, 0.2) is 0 Å². The molecule has 14 heavy (non-hydrogen) atoms. The quantitative estimate of drug-likeness (QED) is 0.673. The fourth-order valence-electron chi connectivity index (χ4n) is 1.66. The number of rotatable bonds is 4. The molecule has 1 unspecified atom stereocenters. The van der Waals surface area contributed by atoms with Crippen molar-refractivity contribution < 1.29 is 8.42 Å². The normalized spacial score (nSPS) is 27.7. The van der Waals surface area contributed by atoms with E-state index in [9.17, 15) is 8.42 Å². The van der Waals surface area contributed by atoms with Gasteiger partial charge in [-0.3, -0.25) is 0 Å². The molecule has 0 radical (unpaired) electrons. The number of hydrogen-bond acceptors (Lipinski definition) is 3. The van der Waals surface area contributed by atoms with E-state index in [2.05, 4.69) is 4.72 Å². The summed E-state index contributed by atoms with van der Waals surface area (Å²) >= 11 is 0. The van der Waals surface area contributed by atoms with Gasteiger partial charge in [-0.25, -0.2) is 4.72 Å². The minimum absolute atomic E-state index is 0.357. The maximum atomic E-state index is 11.5. The number of hydrogen-bond donors (Lipinski definition) is 2. The summed E-state index contributed by atoms with van der Waals surface area (Å²) in [5, 5.41) is 0. The second-order valence-electron chi connectivity index (χ2n) is 3.65. The van der Waals surface area contributed by atoms with E-state index in [4.69, 9.17) is 5.73 Å². The molecule has 1 fully saturated rings. The van der Waals surface area contributed by atoms with Crippen molar-refractivity contribution in [1.82, 2.24) is 9.03 Å². The molecular formula is C8H19N3O2S. The van der Waals surface area contributed by atoms with Gasteiger partial charge in [-0.15, -0.1) is 0 Å². The van der Waals surface area contributed by atoms with E-state index in [0.29, 0.717) is 32.1 Å². The molecule has 0 aromatic rings. The fourth-order valence-corrected chi connectivity index (χ4v) is 3.11. The van der Waals surface area contributed by atoms with Crippen LogP contribution in [0, 0.1) is 5.92 Å². The van der Waals surface area contributed by atoms with Crippen molar-refractivity contribution in [3.63, 3.8) is 0 Å². The number of nitrogens with two attached hydrogens (primary N) is 1. The molecule has 3 N–H and O–H groups in total. The lowest BCUT2D eigenvalue weighted by atomic mass is 10.1. The summed E-state index contributed by atoms with van der Waals surface area (Å²) in [5.74, 6) is 0.357. The maximum Gasteiger partial charge on any atom is 0.279 e. The van der Waals surface area contributed by atoms with Gasteiger partial charge in [-0.05, 0) is 25.3 Å². The summed E-state index contributed by atoms with van der Waals surface area (Å²) in [6.07, 6.45) is 1.72. The van der Waals surface area contributed by atoms with Crippen LogP contribution in [0.25, 0.3) is 0 Å². The predicted molar refractivity (Wildman–Crippen MR) is 55.9 cm³/mol. The van der Waals surface area contributed by atoms with Crippen LogP contribution in [-0.2, 0) is 10.2 Å². The average Bonchev–Trinajstić information content (AvgIpc) is 2.12. The van der Waals surface area contributed by atoms with E-state index >= 15 is 0 Å². The first-order valence-corrected chi connectivity index (χ1v) is 6.49. The Kier molecular flexibility index (Phi) is 4.31. The Bertz CT molecular complexity index is 266. The summed E-state index contributed by atoms with van der Waals surface area (Å²) in [6.45, 7) is 4.32. The Morgan fingerprint density at radius 3 is 2.86 bits per heavy atom. The average molecular weight is 221 g/mol. The zero-order chi connectivity index (χ0) is 10.6. The molecule has 84 valence electrons. The highest BCUT2D eigenvalue weighted by Gasteiger charge is 2.29. The summed E-state index contributed by atoms with van der Waals surface area (Å²) in [7, 11) is -3.19. The third-order valence-electron chi connectivity index (χ3n) is 2.40. The van der Waals surface area contributed by atoms with Gasteiger partial charge in [-0.1, -0.05) is 6.92 Å². The van der Waals surface area contributed by atoms with Gasteiger partial charge in [0.05, 0.1) is 0 Å². The second-order valence-corrected chi connectivity index (χ2v) is 5.41. The van der Waals surface area contributed by atoms with Gasteiger partial charge in [0.25, 0.3) is 10.2 Å². The fraction of sp³-hybridized carbons (Fsp3) is 1.00. The lowest BCUT2D eigenvalue weighted by Gasteiger charge is -2.32. The molecule has 0 amide bonds. The van der Waals surface area contributed by atoms with Crippen LogP contribution < -0.4 is 10.5 Å². The molecule has 1 heterocycles. The van der Waals surface area contributed by atoms with Crippen molar-refractivity contribution >= 4 is 10.2 Å². The number of nitrogens with zero attached hydrogens (tertiary/aromatic N) is 1. The first kappa shape index (κ1) is 11.9. The smallest absolute Gasteiger partial charge is 0.279 e. The Hall–Kier alpha value is -0.170. The van der Waals surface area contributed by atoms with E-state index in [0.717, 1.165) is 12.8 Å². The van der Waals surface area contributed by atoms with Gasteiger partial charge >= 0.3 is 0 Å². The van der Waals surface area contributed by atoms with Gasteiger partial charge in [-0.2, -0.15) is 12.7 Å². The van der Waals surface area contributed by atoms with Crippen LogP contribution in [0.4, 0.5) is 0 Å². The molecule has 1 rings (SSSR count). The van der Waals surface area contributed by atoms with Crippen LogP contribution in [0.5, 0.6) is 0 Å². The Balaban J connectivity index is 2.58. The van der Waals surface area contributed by atoms with Gasteiger partial charge in [0, 0.05) is 19.6 Å². The molecule has 0 spiro atoms. The third-order valence-corrected chi connectivity index (χ3v) is 3.95. The summed E-state index contributed by atoms with van der Waals surface area (Å²) in [6, 6.07) is 0. The van der Waals surface area contributed by atoms with Crippen LogP contribution in [-0.4, -0.2) is 38.9 Å². The molecular weight excluding hydrogens is 202 g/mol. The van der Waals surface area contributed by atoms with Gasteiger partial charge in [0.15, 0.2) is 0 Å². The number of nitrogens with one attached hydrogen (secondary N) is 1. The van der Waals surface area contributed by atoms with Crippen LogP contribution in [0.2, 0.25) is 0 Å². The largest absolute Gasteiger partial charge is 0.330 e. The Morgan fingerprint density at radius 1 is 1.57 bits per heavy atom. The topological polar surface area (TPSA) is 75.4 Å². The van der Waals surface area contributed by atoms with E-state index in [1.54, 1.807) is 0 Å². The van der Waals surface area contributed by atoms with Crippen molar-refractivity contribution in [3.8, 4) is 0 Å². The molecule has 0 bridgehead atoms. The second kappa shape index (κ2) is 5.06. The van der Waals surface area contributed by atoms with E-state index < -0.39 is 10.2 Å². The van der Waals surface area contributed by atoms with Gasteiger partial charge < -0.3 is 5.73 Å². The van der Waals surface area contributed by atoms with Crippen molar-refractivity contribution in [1.29, 1.82) is 0 Å². The molecule has 5 nitrogen and oxygen atoms in total. The molecule has 0 aliphatic carbocycles. The SMILES string of the molecule is CCCN1CC(CCN)CNS1(=O)=O. The van der Waals surface area contributed by atoms with Crippen molar-refractivity contribution in [2.45, 2.75) is 19.8 Å². The van der Waals surface area contributed by atoms with Crippen molar-refractivity contribution in [2.24, 2.45) is 11.7 Å². The zero-order valence-corrected chi connectivity index (χ0v) is 9.39. The summed E-state index contributed by atoms with van der Waals surface area (Å²) in [5.41, 5.74) is 5.45. The molecule has 1 aliphatic rings. The molecule has 1 saturated heterocycles. The van der Waals surface area contributed by atoms with Crippen molar-refractivity contribution in [3.05, 3.63) is 0 Å². The van der Waals surface area contributed by atoms with E-state index in [1.165, 1.54) is 4.31 Å². The molecule has 0 saturated carbocycles. The highest BCUT2D eigenvalue weighted by molar-refractivity contribution is 7.87. The monoisotopic (exact) mass is 221 g/mol. The molecule has 1 aliphatic heterocycles. The predicted octanol–water partition coefficient (Wildman–Crippen LogP) is -0.489. The highest BCUT2D eigenvalue weighted by Crippen LogP contribution is 2.13. The van der Waals surface area contributed by atoms with Crippen LogP contribution in [0.3, 0.4) is 0 Å². The lowest BCUT2D eigenvalue weighted by molar-refractivity contribution is 0.299. The standard InChI is InChI=1S/C8H19N3O2S/c1-2-5-11-7-8(3-4-9)6-10-14(11,12)13/h8,10H,2-7,9H2,1H3. The summed E-state index contributed by atoms with van der Waals surface area (Å²) in [4.78, 5) is 0. The molecule has 0 aromatic carbocycles. The highest BCUT2D eigenvalue weighted by atomic mass is 32.2. The first-order chi connectivity index (χ1) is 6.60. The first-order valence-electron chi connectivity index (χ1n) is 5.05. The molecule has 6 heteroatoms. The van der Waals surface area contributed by atoms with Gasteiger partial charge in [0.1, 0.15) is 0 Å². The van der Waals surface area contributed by atoms with Crippen LogP contribution in [0.1, 0.15) is 19.8 Å². The van der Waals surface area contributed by atoms with E-state index in [-0.39, 0.29) is 0 Å². The summed E-state index contributed by atoms with van der Waals surface area (Å²) < 4.78 is 27.1. The minimum Gasteiger partial charge on any atom is -0.330 e. The maximum absolute atomic E-state index is 11.5. The molecule has 0 aromatic heterocycles. The Morgan fingerprint density at radius 2 is 2.29 bits per heavy atom. The Labute approximate surface area is 85.8 Å². The zero-order valence-electron chi connectivity index (χ0n) is 8.57. The van der Waals surface area contributed by atoms with E-state index in [1.807, 2.05) is 6.92 Å². The van der Waals surface area contributed by atoms with Crippen molar-refractivity contribution in [2.75, 3.05) is 26.2 Å². The van der Waals surface area contributed by atoms with Gasteiger partial charge in [0.2, 0.25) is 0 Å². The minimum atomic E-state index is -3.19. The molecule has 1 atom stereocenters. The van der Waals surface area contributed by atoms with Crippen LogP contribution >= 0.6 is 0 Å². The lowest BCUT2D eigenvalue weighted by Crippen LogP contribution is -2.51. The third kappa shape index (κ3) is 2.91.